The van der Waals surface area contributed by atoms with E-state index in [2.05, 4.69) is 66.8 Å². The quantitative estimate of drug-likeness (QED) is 0.0120. The summed E-state index contributed by atoms with van der Waals surface area (Å²) in [6.45, 7) is 1.41. The molecule has 2 heterocycles. The zero-order chi connectivity index (χ0) is 46.5. The summed E-state index contributed by atoms with van der Waals surface area (Å²) < 4.78 is 40.4. The third-order valence-corrected chi connectivity index (χ3v) is 10.0. The molecule has 0 fully saturated rings. The Morgan fingerprint density at radius 2 is 1.09 bits per heavy atom. The van der Waals surface area contributed by atoms with Crippen LogP contribution in [0.1, 0.15) is 24.5 Å². The number of carboxylic acid groups (broad SMARTS) is 3. The second kappa shape index (κ2) is 21.4. The molecule has 0 spiro atoms. The van der Waals surface area contributed by atoms with E-state index in [1.807, 2.05) is 6.07 Å². The molecule has 2 unspecified atom stereocenters. The van der Waals surface area contributed by atoms with Gasteiger partial charge in [-0.25, -0.2) is 10.1 Å². The molecule has 0 radical (unpaired) electrons. The molecule has 4 aromatic carbocycles. The van der Waals surface area contributed by atoms with Crippen LogP contribution in [0.4, 0.5) is 58.4 Å². The van der Waals surface area contributed by atoms with Crippen molar-refractivity contribution < 1.29 is 57.3 Å². The number of para-hydroxylation sites is 2. The first kappa shape index (κ1) is 46.5. The average Bonchev–Trinajstić information content (AvgIpc) is 3.25. The van der Waals surface area contributed by atoms with Gasteiger partial charge in [0.05, 0.1) is 18.5 Å². The molecule has 0 saturated carbocycles. The number of aliphatic carboxylic acids is 3. The van der Waals surface area contributed by atoms with Gasteiger partial charge in [-0.05, 0) is 66.6 Å². The van der Waals surface area contributed by atoms with Crippen LogP contribution in [0.5, 0.6) is 0 Å². The predicted molar refractivity (Wildman–Crippen MR) is 236 cm³/mol. The molecular formula is C39H36N12O12S2. The highest BCUT2D eigenvalue weighted by Gasteiger charge is 2.23. The summed E-state index contributed by atoms with van der Waals surface area (Å²) >= 11 is 0.575. The molecule has 11 N–H and O–H groups in total. The van der Waals surface area contributed by atoms with Gasteiger partial charge in [0.1, 0.15) is 17.0 Å². The Morgan fingerprint density at radius 1 is 0.631 bits per heavy atom. The Hall–Kier alpha value is -8.01. The number of carbonyl (C=O) groups is 3. The number of hydrogen-bond donors (Lipinski definition) is 11. The summed E-state index contributed by atoms with van der Waals surface area (Å²) in [6.07, 6.45) is 2.03. The van der Waals surface area contributed by atoms with E-state index in [9.17, 15) is 42.7 Å². The van der Waals surface area contributed by atoms with E-state index in [0.717, 1.165) is 6.07 Å². The summed E-state index contributed by atoms with van der Waals surface area (Å²) in [5.41, 5.74) is 2.00. The van der Waals surface area contributed by atoms with E-state index in [1.54, 1.807) is 72.8 Å². The van der Waals surface area contributed by atoms with Crippen LogP contribution >= 0.6 is 12.0 Å². The van der Waals surface area contributed by atoms with Crippen LogP contribution in [0.25, 0.3) is 12.2 Å². The summed E-state index contributed by atoms with van der Waals surface area (Å²) in [5.74, 6) is -4.66. The van der Waals surface area contributed by atoms with Crippen molar-refractivity contribution in [2.24, 2.45) is 0 Å². The molecule has 6 rings (SSSR count). The van der Waals surface area contributed by atoms with Crippen LogP contribution in [-0.4, -0.2) is 93.4 Å². The van der Waals surface area contributed by atoms with Crippen LogP contribution in [-0.2, 0) is 33.9 Å². The van der Waals surface area contributed by atoms with Crippen molar-refractivity contribution in [2.75, 3.05) is 31.9 Å². The Morgan fingerprint density at radius 3 is 1.57 bits per heavy atom. The largest absolute Gasteiger partial charge is 0.481 e. The van der Waals surface area contributed by atoms with Crippen LogP contribution in [0.2, 0.25) is 0 Å². The first-order valence-corrected chi connectivity index (χ1v) is 20.8. The number of nitrogens with zero attached hydrogens (tertiary/aromatic N) is 6. The molecule has 26 heteroatoms. The number of anilines is 10. The molecule has 65 heavy (non-hydrogen) atoms. The van der Waals surface area contributed by atoms with Crippen molar-refractivity contribution in [3.63, 3.8) is 0 Å². The molecule has 0 aliphatic rings. The minimum atomic E-state index is -4.90. The minimum Gasteiger partial charge on any atom is -0.481 e. The van der Waals surface area contributed by atoms with Gasteiger partial charge in [-0.2, -0.15) is 38.3 Å². The van der Waals surface area contributed by atoms with E-state index in [-0.39, 0.29) is 46.9 Å². The van der Waals surface area contributed by atoms with Crippen molar-refractivity contribution in [1.29, 1.82) is 0 Å². The number of nitrogens with one attached hydrogen (secondary N) is 6. The topological polar surface area (TPSA) is 354 Å². The molecule has 0 bridgehead atoms. The number of benzene rings is 4. The van der Waals surface area contributed by atoms with Crippen molar-refractivity contribution in [2.45, 2.75) is 35.2 Å². The molecule has 0 aliphatic carbocycles. The van der Waals surface area contributed by atoms with Gasteiger partial charge in [-0.3, -0.25) is 14.1 Å². The first-order chi connectivity index (χ1) is 31.1. The van der Waals surface area contributed by atoms with E-state index in [4.69, 9.17) is 9.59 Å². The fourth-order valence-corrected chi connectivity index (χ4v) is 6.70. The van der Waals surface area contributed by atoms with Crippen LogP contribution in [0.15, 0.2) is 107 Å². The lowest BCUT2D eigenvalue weighted by molar-refractivity contribution is -0.432. The molecule has 2 aromatic heterocycles. The summed E-state index contributed by atoms with van der Waals surface area (Å²) in [4.78, 5) is 59.9. The molecule has 2 atom stereocenters. The van der Waals surface area contributed by atoms with Gasteiger partial charge < -0.3 is 47.2 Å². The fraction of sp³-hybridized carbons (Fsp3) is 0.103. The highest BCUT2D eigenvalue weighted by molar-refractivity contribution is 7.94. The van der Waals surface area contributed by atoms with Gasteiger partial charge in [-0.15, -0.1) is 4.33 Å². The van der Waals surface area contributed by atoms with Crippen molar-refractivity contribution in [1.82, 2.24) is 29.9 Å². The Balaban J connectivity index is 1.28. The standard InChI is InChI=1S/C39H36N12O12S2/c1-21(32(54)55)40-34-46-35(41-24-8-4-2-5-9-24)48-37(47-34)43-26-16-14-22(29(18-26)64-63-62-58)12-13-23-15-17-27(19-30(23)65(59,60)61)44-38-49-36(42-25-10-6-3-7-11-25)50-39(51-38)45-28(33(56)57)20-31(52)53/h2-19,21,28,58H,20H2,1H3,(H,52,53)(H,54,55)(H,56,57)(H,59,60,61)(H3,40,41,43,46,47,48)(H3,42,44,45,49,50,51)/b13-12+. The maximum absolute atomic E-state index is 12.7. The van der Waals surface area contributed by atoms with E-state index in [1.165, 1.54) is 31.2 Å². The second-order valence-corrected chi connectivity index (χ2v) is 15.4. The lowest BCUT2D eigenvalue weighted by Gasteiger charge is -2.15. The highest BCUT2D eigenvalue weighted by Crippen LogP contribution is 2.32. The third-order valence-electron chi connectivity index (χ3n) is 8.44. The Labute approximate surface area is 372 Å². The van der Waals surface area contributed by atoms with Crippen molar-refractivity contribution in [3.05, 3.63) is 108 Å². The number of hydrogen-bond acceptors (Lipinski definition) is 21. The van der Waals surface area contributed by atoms with Gasteiger partial charge >= 0.3 is 17.9 Å². The monoisotopic (exact) mass is 928 g/mol. The zero-order valence-electron chi connectivity index (χ0n) is 33.3. The van der Waals surface area contributed by atoms with Crippen LogP contribution in [0, 0.1) is 0 Å². The molecular weight excluding hydrogens is 893 g/mol. The number of aromatic nitrogens is 6. The highest BCUT2D eigenvalue weighted by atomic mass is 32.2. The second-order valence-electron chi connectivity index (χ2n) is 13.2. The lowest BCUT2D eigenvalue weighted by atomic mass is 10.1. The molecule has 24 nitrogen and oxygen atoms in total. The molecule has 6 aromatic rings. The van der Waals surface area contributed by atoms with E-state index >= 15 is 0 Å². The van der Waals surface area contributed by atoms with Gasteiger partial charge in [0, 0.05) is 27.6 Å². The molecule has 0 saturated heterocycles. The molecule has 336 valence electrons. The van der Waals surface area contributed by atoms with Gasteiger partial charge in [-0.1, -0.05) is 65.7 Å². The average molecular weight is 929 g/mol. The SMILES string of the molecule is CC(Nc1nc(Nc2ccccc2)nc(Nc2ccc(/C=C/c3ccc(Nc4nc(Nc5ccccc5)nc(NC(CC(=O)O)C(=O)O)n4)cc3S(=O)(=O)O)c(SOOO)c2)n1)C(=O)O. The van der Waals surface area contributed by atoms with Crippen molar-refractivity contribution in [3.8, 4) is 0 Å². The molecule has 0 amide bonds. The zero-order valence-corrected chi connectivity index (χ0v) is 35.0. The maximum Gasteiger partial charge on any atom is 0.326 e. The van der Waals surface area contributed by atoms with E-state index in [0.29, 0.717) is 39.6 Å². The van der Waals surface area contributed by atoms with Crippen LogP contribution < -0.4 is 31.9 Å². The summed E-state index contributed by atoms with van der Waals surface area (Å²) in [7, 11) is -4.90. The smallest absolute Gasteiger partial charge is 0.326 e. The first-order valence-electron chi connectivity index (χ1n) is 18.6. The normalized spacial score (nSPS) is 12.2. The number of carboxylic acids is 3. The van der Waals surface area contributed by atoms with E-state index < -0.39 is 51.4 Å². The summed E-state index contributed by atoms with van der Waals surface area (Å²) in [6, 6.07) is 23.5. The van der Waals surface area contributed by atoms with Crippen LogP contribution in [0.3, 0.4) is 0 Å². The van der Waals surface area contributed by atoms with Gasteiger partial charge in [0.25, 0.3) is 10.1 Å². The summed E-state index contributed by atoms with van der Waals surface area (Å²) in [5, 5.41) is 57.9. The van der Waals surface area contributed by atoms with Gasteiger partial charge in [0.2, 0.25) is 35.7 Å². The minimum absolute atomic E-state index is 0.000410. The lowest BCUT2D eigenvalue weighted by Crippen LogP contribution is -2.32. The third kappa shape index (κ3) is 13.7. The maximum atomic E-state index is 12.7. The molecule has 0 aliphatic heterocycles. The Bertz CT molecular complexity index is 2810. The fourth-order valence-electron chi connectivity index (χ4n) is 5.48. The van der Waals surface area contributed by atoms with Gasteiger partial charge in [0.15, 0.2) is 0 Å². The number of rotatable bonds is 22. The van der Waals surface area contributed by atoms with Crippen molar-refractivity contribution >= 4 is 111 Å². The predicted octanol–water partition coefficient (Wildman–Crippen LogP) is 6.10. The Kier molecular flexibility index (Phi) is 15.3.